The van der Waals surface area contributed by atoms with Crippen LogP contribution >= 0.6 is 0 Å². The minimum absolute atomic E-state index is 0.110. The van der Waals surface area contributed by atoms with E-state index in [9.17, 15) is 9.59 Å². The quantitative estimate of drug-likeness (QED) is 0.690. The van der Waals surface area contributed by atoms with E-state index in [1.807, 2.05) is 37.3 Å². The number of nitrogens with one attached hydrogen (secondary N) is 2. The molecule has 29 heavy (non-hydrogen) atoms. The van der Waals surface area contributed by atoms with Crippen LogP contribution in [0.1, 0.15) is 27.5 Å². The minimum Gasteiger partial charge on any atom is -0.475 e. The van der Waals surface area contributed by atoms with Crippen molar-refractivity contribution in [3.05, 3.63) is 71.2 Å². The molecule has 0 radical (unpaired) electrons. The van der Waals surface area contributed by atoms with Gasteiger partial charge in [-0.15, -0.1) is 0 Å². The smallest absolute Gasteiger partial charge is 0.273 e. The fourth-order valence-electron chi connectivity index (χ4n) is 2.99. The average Bonchev–Trinajstić information content (AvgIpc) is 3.12. The molecule has 0 unspecified atom stereocenters. The molecule has 0 saturated heterocycles. The van der Waals surface area contributed by atoms with Gasteiger partial charge in [0.15, 0.2) is 5.69 Å². The molecule has 2 aromatic heterocycles. The van der Waals surface area contributed by atoms with Crippen LogP contribution in [0.3, 0.4) is 0 Å². The number of aromatic nitrogens is 2. The second-order valence-corrected chi connectivity index (χ2v) is 6.85. The van der Waals surface area contributed by atoms with Gasteiger partial charge in [-0.1, -0.05) is 35.5 Å². The third-order valence-corrected chi connectivity index (χ3v) is 4.57. The summed E-state index contributed by atoms with van der Waals surface area (Å²) < 4.78 is 10.9. The Morgan fingerprint density at radius 3 is 2.90 bits per heavy atom. The van der Waals surface area contributed by atoms with Crippen LogP contribution in [-0.2, 0) is 11.2 Å². The summed E-state index contributed by atoms with van der Waals surface area (Å²) in [7, 11) is 0. The Hall–Kier alpha value is -3.68. The molecule has 0 aliphatic carbocycles. The summed E-state index contributed by atoms with van der Waals surface area (Å²) in [5.41, 5.74) is 2.55. The van der Waals surface area contributed by atoms with Crippen molar-refractivity contribution in [3.8, 4) is 5.88 Å². The summed E-state index contributed by atoms with van der Waals surface area (Å²) in [4.78, 5) is 29.1. The van der Waals surface area contributed by atoms with Crippen molar-refractivity contribution >= 4 is 17.5 Å². The van der Waals surface area contributed by atoms with E-state index in [1.54, 1.807) is 18.2 Å². The van der Waals surface area contributed by atoms with Gasteiger partial charge < -0.3 is 19.9 Å². The van der Waals surface area contributed by atoms with E-state index in [0.29, 0.717) is 23.7 Å². The number of hydrogen-bond acceptors (Lipinski definition) is 6. The lowest BCUT2D eigenvalue weighted by Gasteiger charge is -2.12. The van der Waals surface area contributed by atoms with Crippen LogP contribution in [-0.4, -0.2) is 35.1 Å². The van der Waals surface area contributed by atoms with Gasteiger partial charge in [-0.25, -0.2) is 4.98 Å². The number of aryl methyl sites for hydroxylation is 1. The molecule has 0 bridgehead atoms. The Morgan fingerprint density at radius 1 is 1.24 bits per heavy atom. The van der Waals surface area contributed by atoms with Gasteiger partial charge in [0.2, 0.25) is 11.8 Å². The number of ether oxygens (including phenoxy) is 1. The van der Waals surface area contributed by atoms with E-state index in [-0.39, 0.29) is 24.8 Å². The molecule has 2 amide bonds. The molecule has 3 heterocycles. The van der Waals surface area contributed by atoms with Gasteiger partial charge in [-0.3, -0.25) is 9.59 Å². The van der Waals surface area contributed by atoms with E-state index >= 15 is 0 Å². The fraction of sp³-hybridized carbons (Fsp3) is 0.238. The predicted molar refractivity (Wildman–Crippen MR) is 105 cm³/mol. The second kappa shape index (κ2) is 8.14. The maximum Gasteiger partial charge on any atom is 0.273 e. The molecular formula is C21H20N4O4. The Labute approximate surface area is 167 Å². The highest BCUT2D eigenvalue weighted by Crippen LogP contribution is 2.26. The highest BCUT2D eigenvalue weighted by Gasteiger charge is 2.26. The van der Waals surface area contributed by atoms with Crippen LogP contribution in [0.5, 0.6) is 5.88 Å². The van der Waals surface area contributed by atoms with Gasteiger partial charge in [0, 0.05) is 24.7 Å². The maximum absolute atomic E-state index is 12.4. The minimum atomic E-state index is -0.552. The summed E-state index contributed by atoms with van der Waals surface area (Å²) in [5, 5.41) is 9.33. The van der Waals surface area contributed by atoms with Crippen molar-refractivity contribution < 1.29 is 18.8 Å². The van der Waals surface area contributed by atoms with Crippen molar-refractivity contribution in [2.75, 3.05) is 18.5 Å². The van der Waals surface area contributed by atoms with Gasteiger partial charge >= 0.3 is 0 Å². The van der Waals surface area contributed by atoms with Gasteiger partial charge in [-0.2, -0.15) is 0 Å². The highest BCUT2D eigenvalue weighted by molar-refractivity contribution is 5.96. The molecule has 4 rings (SSSR count). The van der Waals surface area contributed by atoms with Crippen molar-refractivity contribution in [1.82, 2.24) is 15.5 Å². The number of hydrogen-bond donors (Lipinski definition) is 2. The van der Waals surface area contributed by atoms with Crippen molar-refractivity contribution in [2.45, 2.75) is 13.3 Å². The van der Waals surface area contributed by atoms with Gasteiger partial charge in [-0.05, 0) is 24.6 Å². The third kappa shape index (κ3) is 4.43. The number of rotatable bonds is 5. The van der Waals surface area contributed by atoms with Gasteiger partial charge in [0.25, 0.3) is 5.91 Å². The molecule has 0 spiro atoms. The summed E-state index contributed by atoms with van der Waals surface area (Å²) in [6.45, 7) is 2.07. The second-order valence-electron chi connectivity index (χ2n) is 6.85. The summed E-state index contributed by atoms with van der Waals surface area (Å²) >= 11 is 0. The van der Waals surface area contributed by atoms with E-state index < -0.39 is 11.8 Å². The zero-order valence-electron chi connectivity index (χ0n) is 15.8. The van der Waals surface area contributed by atoms with Crippen LogP contribution in [0.15, 0.2) is 53.1 Å². The molecule has 2 N–H and O–H groups in total. The first kappa shape index (κ1) is 18.7. The van der Waals surface area contributed by atoms with Crippen LogP contribution in [0.25, 0.3) is 0 Å². The molecule has 0 saturated carbocycles. The van der Waals surface area contributed by atoms with Crippen LogP contribution in [0, 0.1) is 12.8 Å². The fourth-order valence-corrected chi connectivity index (χ4v) is 2.99. The monoisotopic (exact) mass is 392 g/mol. The molecule has 8 heteroatoms. The molecule has 1 aliphatic heterocycles. The number of carbonyl (C=O) groups excluding carboxylic acids is 2. The zero-order chi connectivity index (χ0) is 20.2. The van der Waals surface area contributed by atoms with Crippen LogP contribution in [0.2, 0.25) is 0 Å². The standard InChI is InChI=1S/C21H20N4O4/c1-13-7-8-17-21(23-13)28-12-15(19(26)24-17)11-22-20(27)18-10-16(29-25-18)9-14-5-3-2-4-6-14/h2-8,10,15H,9,11-12H2,1H3,(H,22,27)(H,24,26)/t15-/m0/s1. The van der Waals surface area contributed by atoms with Crippen molar-refractivity contribution in [2.24, 2.45) is 5.92 Å². The number of carbonyl (C=O) groups is 2. The van der Waals surface area contributed by atoms with Crippen molar-refractivity contribution in [3.63, 3.8) is 0 Å². The van der Waals surface area contributed by atoms with E-state index in [2.05, 4.69) is 20.8 Å². The highest BCUT2D eigenvalue weighted by atomic mass is 16.5. The Kier molecular flexibility index (Phi) is 5.24. The SMILES string of the molecule is Cc1ccc2c(n1)OC[C@H](CNC(=O)c1cc(Cc3ccccc3)on1)C(=O)N2. The number of nitrogens with zero attached hydrogens (tertiary/aromatic N) is 2. The van der Waals surface area contributed by atoms with Crippen LogP contribution < -0.4 is 15.4 Å². The number of pyridine rings is 1. The molecule has 1 aliphatic rings. The number of amides is 2. The molecule has 1 atom stereocenters. The molecular weight excluding hydrogens is 372 g/mol. The van der Waals surface area contributed by atoms with E-state index in [0.717, 1.165) is 11.3 Å². The number of benzene rings is 1. The summed E-state index contributed by atoms with van der Waals surface area (Å²) in [5.74, 6) is -0.219. The lowest BCUT2D eigenvalue weighted by molar-refractivity contribution is -0.120. The van der Waals surface area contributed by atoms with E-state index in [4.69, 9.17) is 9.26 Å². The number of anilines is 1. The molecule has 3 aromatic rings. The van der Waals surface area contributed by atoms with Crippen molar-refractivity contribution in [1.29, 1.82) is 0 Å². The van der Waals surface area contributed by atoms with Crippen LogP contribution in [0.4, 0.5) is 5.69 Å². The summed E-state index contributed by atoms with van der Waals surface area (Å²) in [6, 6.07) is 14.9. The lowest BCUT2D eigenvalue weighted by atomic mass is 10.1. The van der Waals surface area contributed by atoms with E-state index in [1.165, 1.54) is 0 Å². The largest absolute Gasteiger partial charge is 0.475 e. The Balaban J connectivity index is 1.34. The average molecular weight is 392 g/mol. The molecule has 148 valence electrons. The Morgan fingerprint density at radius 2 is 2.07 bits per heavy atom. The first-order valence-electron chi connectivity index (χ1n) is 9.27. The summed E-state index contributed by atoms with van der Waals surface area (Å²) in [6.07, 6.45) is 0.546. The normalized spacial score (nSPS) is 15.6. The predicted octanol–water partition coefficient (Wildman–Crippen LogP) is 2.35. The maximum atomic E-state index is 12.4. The molecule has 8 nitrogen and oxygen atoms in total. The molecule has 1 aromatic carbocycles. The number of fused-ring (bicyclic) bond motifs is 1. The zero-order valence-corrected chi connectivity index (χ0v) is 15.8. The third-order valence-electron chi connectivity index (χ3n) is 4.57. The molecule has 0 fully saturated rings. The topological polar surface area (TPSA) is 106 Å². The first-order valence-corrected chi connectivity index (χ1v) is 9.27. The van der Waals surface area contributed by atoms with Gasteiger partial charge in [0.05, 0.1) is 5.92 Å². The van der Waals surface area contributed by atoms with Gasteiger partial charge in [0.1, 0.15) is 18.1 Å². The first-order chi connectivity index (χ1) is 14.1. The Bertz CT molecular complexity index is 1030. The lowest BCUT2D eigenvalue weighted by Crippen LogP contribution is -2.37.